The lowest BCUT2D eigenvalue weighted by Gasteiger charge is -2.28. The first-order chi connectivity index (χ1) is 17.5. The summed E-state index contributed by atoms with van der Waals surface area (Å²) < 4.78 is 28.7. The molecule has 0 saturated carbocycles. The summed E-state index contributed by atoms with van der Waals surface area (Å²) >= 11 is 0. The molecule has 0 aliphatic carbocycles. The Hall–Kier alpha value is -3.28. The van der Waals surface area contributed by atoms with E-state index in [0.717, 1.165) is 12.0 Å². The molecule has 0 radical (unpaired) electrons. The van der Waals surface area contributed by atoms with Crippen molar-refractivity contribution in [1.29, 1.82) is 5.41 Å². The molecule has 0 spiro atoms. The molecule has 10 nitrogen and oxygen atoms in total. The zero-order valence-corrected chi connectivity index (χ0v) is 22.3. The van der Waals surface area contributed by atoms with Crippen LogP contribution in [0.1, 0.15) is 49.8 Å². The summed E-state index contributed by atoms with van der Waals surface area (Å²) in [4.78, 5) is 17.7. The number of benzene rings is 2. The number of aliphatic imine (C=N–C) groups is 1. The Morgan fingerprint density at radius 1 is 1.03 bits per heavy atom. The molecule has 2 aromatic carbocycles. The fourth-order valence-corrected chi connectivity index (χ4v) is 5.26. The van der Waals surface area contributed by atoms with Gasteiger partial charge in [0.1, 0.15) is 5.84 Å². The van der Waals surface area contributed by atoms with Crippen LogP contribution in [-0.4, -0.2) is 44.6 Å². The predicted octanol–water partition coefficient (Wildman–Crippen LogP) is 1.59. The minimum absolute atomic E-state index is 0.0153. The highest BCUT2D eigenvalue weighted by molar-refractivity contribution is 7.88. The lowest BCUT2D eigenvalue weighted by Crippen LogP contribution is -2.52. The minimum Gasteiger partial charge on any atom is -0.384 e. The molecule has 0 saturated heterocycles. The van der Waals surface area contributed by atoms with Crippen molar-refractivity contribution in [3.05, 3.63) is 71.3 Å². The molecule has 0 aliphatic rings. The molecular formula is C26H39N7O3S. The second-order valence-electron chi connectivity index (χ2n) is 9.12. The number of ketones is 1. The molecule has 11 heteroatoms. The van der Waals surface area contributed by atoms with Gasteiger partial charge in [0.2, 0.25) is 10.0 Å². The van der Waals surface area contributed by atoms with Crippen LogP contribution in [0.15, 0.2) is 59.6 Å². The number of nitrogens with two attached hydrogens (primary N) is 3. The maximum Gasteiger partial charge on any atom is 0.216 e. The zero-order chi connectivity index (χ0) is 27.4. The lowest BCUT2D eigenvalue weighted by molar-refractivity contribution is -0.124. The maximum absolute atomic E-state index is 13.7. The third-order valence-corrected chi connectivity index (χ3v) is 7.48. The van der Waals surface area contributed by atoms with Crippen molar-refractivity contribution < 1.29 is 13.2 Å². The number of amidine groups is 1. The summed E-state index contributed by atoms with van der Waals surface area (Å²) in [6.07, 6.45) is 1.41. The molecule has 0 aromatic heterocycles. The van der Waals surface area contributed by atoms with Crippen LogP contribution in [0.3, 0.4) is 0 Å². The van der Waals surface area contributed by atoms with Crippen molar-refractivity contribution in [1.82, 2.24) is 10.0 Å². The van der Waals surface area contributed by atoms with Gasteiger partial charge < -0.3 is 22.5 Å². The molecule has 0 amide bonds. The van der Waals surface area contributed by atoms with Crippen LogP contribution < -0.4 is 27.2 Å². The third kappa shape index (κ3) is 10.3. The molecule has 0 aliphatic heterocycles. The van der Waals surface area contributed by atoms with Crippen molar-refractivity contribution in [2.75, 3.05) is 6.54 Å². The van der Waals surface area contributed by atoms with Crippen LogP contribution in [0, 0.1) is 11.3 Å². The van der Waals surface area contributed by atoms with E-state index in [0.29, 0.717) is 24.1 Å². The number of sulfonamides is 1. The van der Waals surface area contributed by atoms with Gasteiger partial charge in [-0.25, -0.2) is 13.1 Å². The first kappa shape index (κ1) is 29.9. The number of carbonyl (C=O) groups excluding carboxylic acids is 1. The summed E-state index contributed by atoms with van der Waals surface area (Å²) in [5.74, 6) is -0.560. The van der Waals surface area contributed by atoms with E-state index in [2.05, 4.69) is 15.0 Å². The largest absolute Gasteiger partial charge is 0.384 e. The van der Waals surface area contributed by atoms with Crippen molar-refractivity contribution >= 4 is 27.6 Å². The summed E-state index contributed by atoms with van der Waals surface area (Å²) in [5, 5.41) is 10.9. The van der Waals surface area contributed by atoms with E-state index in [-0.39, 0.29) is 42.2 Å². The van der Waals surface area contributed by atoms with Gasteiger partial charge in [-0.1, -0.05) is 74.9 Å². The molecule has 3 atom stereocenters. The van der Waals surface area contributed by atoms with Gasteiger partial charge in [0.15, 0.2) is 11.7 Å². The topological polar surface area (TPSA) is 190 Å². The predicted molar refractivity (Wildman–Crippen MR) is 148 cm³/mol. The molecule has 2 rings (SSSR count). The monoisotopic (exact) mass is 529 g/mol. The number of carbonyl (C=O) groups is 1. The van der Waals surface area contributed by atoms with Crippen LogP contribution in [0.2, 0.25) is 0 Å². The number of nitrogen functional groups attached to an aromatic ring is 1. The van der Waals surface area contributed by atoms with Gasteiger partial charge in [-0.15, -0.1) is 0 Å². The molecule has 0 fully saturated rings. The Kier molecular flexibility index (Phi) is 11.7. The molecule has 9 N–H and O–H groups in total. The second-order valence-corrected chi connectivity index (χ2v) is 10.9. The van der Waals surface area contributed by atoms with E-state index in [1.54, 1.807) is 36.4 Å². The van der Waals surface area contributed by atoms with Gasteiger partial charge in [-0.05, 0) is 29.9 Å². The number of nitrogens with one attached hydrogen (secondary N) is 3. The molecule has 0 unspecified atom stereocenters. The minimum atomic E-state index is -3.79. The van der Waals surface area contributed by atoms with E-state index in [9.17, 15) is 13.2 Å². The molecular weight excluding hydrogens is 490 g/mol. The molecule has 202 valence electrons. The molecule has 2 aromatic rings. The molecule has 0 heterocycles. The Bertz CT molecular complexity index is 1150. The average molecular weight is 530 g/mol. The fraction of sp³-hybridized carbons (Fsp3) is 0.423. The summed E-state index contributed by atoms with van der Waals surface area (Å²) in [6.45, 7) is 4.64. The number of Topliss-reactive ketones (excluding diaryl/α,β-unsaturated/α-hetero) is 1. The number of guanidine groups is 1. The van der Waals surface area contributed by atoms with Crippen molar-refractivity contribution in [2.45, 2.75) is 57.5 Å². The van der Waals surface area contributed by atoms with Crippen molar-refractivity contribution in [3.63, 3.8) is 0 Å². The van der Waals surface area contributed by atoms with E-state index < -0.39 is 22.1 Å². The normalized spacial score (nSPS) is 13.9. The van der Waals surface area contributed by atoms with Gasteiger partial charge in [0, 0.05) is 18.7 Å². The number of nitrogens with zero attached hydrogens (tertiary/aromatic N) is 1. The van der Waals surface area contributed by atoms with Gasteiger partial charge in [-0.3, -0.25) is 15.2 Å². The van der Waals surface area contributed by atoms with Crippen LogP contribution in [-0.2, 0) is 27.1 Å². The quantitative estimate of drug-likeness (QED) is 0.108. The number of rotatable bonds is 16. The highest BCUT2D eigenvalue weighted by Gasteiger charge is 2.32. The van der Waals surface area contributed by atoms with E-state index in [1.807, 2.05) is 32.0 Å². The standard InChI is InChI=1S/C26H39N7O3S/c1-3-18(2)23(32-16-19-11-13-21(14-12-19)25(27)28)24(34)22(10-7-15-31-26(29)30)33-37(35,36)17-20-8-5-4-6-9-20/h4-6,8-9,11-14,18,22-23,32-33H,3,7,10,15-17H2,1-2H3,(H3,27,28)(H4,29,30,31)/t18-,22+,23-/m0/s1. The summed E-state index contributed by atoms with van der Waals surface area (Å²) in [6, 6.07) is 14.5. The second kappa shape index (κ2) is 14.5. The zero-order valence-electron chi connectivity index (χ0n) is 21.5. The maximum atomic E-state index is 13.7. The smallest absolute Gasteiger partial charge is 0.216 e. The third-order valence-electron chi connectivity index (χ3n) is 6.12. The van der Waals surface area contributed by atoms with Crippen LogP contribution in [0.5, 0.6) is 0 Å². The van der Waals surface area contributed by atoms with Gasteiger partial charge in [-0.2, -0.15) is 0 Å². The van der Waals surface area contributed by atoms with E-state index >= 15 is 0 Å². The van der Waals surface area contributed by atoms with Gasteiger partial charge in [0.05, 0.1) is 17.8 Å². The Balaban J connectivity index is 2.21. The van der Waals surface area contributed by atoms with Crippen LogP contribution >= 0.6 is 0 Å². The Morgan fingerprint density at radius 3 is 2.24 bits per heavy atom. The van der Waals surface area contributed by atoms with Gasteiger partial charge >= 0.3 is 0 Å². The van der Waals surface area contributed by atoms with Gasteiger partial charge in [0.25, 0.3) is 0 Å². The summed E-state index contributed by atoms with van der Waals surface area (Å²) in [5.41, 5.74) is 18.5. The Labute approximate surface area is 219 Å². The lowest BCUT2D eigenvalue weighted by atomic mass is 9.90. The van der Waals surface area contributed by atoms with Crippen LogP contribution in [0.4, 0.5) is 0 Å². The van der Waals surface area contributed by atoms with E-state index in [1.165, 1.54) is 0 Å². The first-order valence-electron chi connectivity index (χ1n) is 12.3. The highest BCUT2D eigenvalue weighted by Crippen LogP contribution is 2.16. The van der Waals surface area contributed by atoms with Crippen molar-refractivity contribution in [3.8, 4) is 0 Å². The first-order valence-corrected chi connectivity index (χ1v) is 14.0. The van der Waals surface area contributed by atoms with Crippen molar-refractivity contribution in [2.24, 2.45) is 28.1 Å². The Morgan fingerprint density at radius 2 is 1.68 bits per heavy atom. The molecule has 37 heavy (non-hydrogen) atoms. The van der Waals surface area contributed by atoms with Crippen LogP contribution in [0.25, 0.3) is 0 Å². The fourth-order valence-electron chi connectivity index (χ4n) is 3.88. The molecule has 0 bridgehead atoms. The number of hydrogen-bond donors (Lipinski definition) is 6. The number of hydrogen-bond acceptors (Lipinski definition) is 6. The summed E-state index contributed by atoms with van der Waals surface area (Å²) in [7, 11) is -3.79. The SMILES string of the molecule is CC[C@H](C)[C@H](NCc1ccc(C(=N)N)cc1)C(=O)[C@@H](CCCN=C(N)N)NS(=O)(=O)Cc1ccccc1. The van der Waals surface area contributed by atoms with E-state index in [4.69, 9.17) is 22.6 Å². The average Bonchev–Trinajstić information content (AvgIpc) is 2.86. The highest BCUT2D eigenvalue weighted by atomic mass is 32.2.